The van der Waals surface area contributed by atoms with Crippen LogP contribution in [-0.2, 0) is 19.9 Å². The van der Waals surface area contributed by atoms with Gasteiger partial charge in [0.25, 0.3) is 11.4 Å². The van der Waals surface area contributed by atoms with Crippen LogP contribution in [0.3, 0.4) is 0 Å². The van der Waals surface area contributed by atoms with Gasteiger partial charge in [0, 0.05) is 12.7 Å². The van der Waals surface area contributed by atoms with E-state index in [1.54, 1.807) is 23.7 Å². The Balaban J connectivity index is 1.78. The normalized spacial score (nSPS) is 13.7. The Labute approximate surface area is 144 Å². The zero-order valence-electron chi connectivity index (χ0n) is 14.2. The van der Waals surface area contributed by atoms with Crippen LogP contribution in [0.1, 0.15) is 29.7 Å². The number of nitrogens with zero attached hydrogens (tertiary/aromatic N) is 3. The molecule has 4 rings (SSSR count). The van der Waals surface area contributed by atoms with Crippen molar-refractivity contribution in [2.45, 2.75) is 32.6 Å². The van der Waals surface area contributed by atoms with Gasteiger partial charge in [-0.1, -0.05) is 5.16 Å². The monoisotopic (exact) mass is 337 g/mol. The Morgan fingerprint density at radius 2 is 1.84 bits per heavy atom. The molecule has 0 fully saturated rings. The third kappa shape index (κ3) is 2.63. The van der Waals surface area contributed by atoms with E-state index in [4.69, 9.17) is 4.52 Å². The highest BCUT2D eigenvalue weighted by molar-refractivity contribution is 5.67. The van der Waals surface area contributed by atoms with Crippen LogP contribution in [0.4, 0.5) is 0 Å². The molecule has 0 amide bonds. The second-order valence-corrected chi connectivity index (χ2v) is 6.52. The molecule has 1 aromatic carbocycles. The van der Waals surface area contributed by atoms with Crippen LogP contribution in [0, 0.1) is 6.92 Å². The summed E-state index contributed by atoms with van der Waals surface area (Å²) in [7, 11) is 1.71. The number of phenols is 1. The van der Waals surface area contributed by atoms with E-state index in [0.29, 0.717) is 11.1 Å². The largest absolute Gasteiger partial charge is 0.507 e. The SMILES string of the molecule is Cc1ccc(-c2noc(-c3cc4c(cc3O)CCCC4)n2)c(=O)n1C. The van der Waals surface area contributed by atoms with Crippen molar-refractivity contribution < 1.29 is 9.63 Å². The zero-order valence-corrected chi connectivity index (χ0v) is 14.2. The number of fused-ring (bicyclic) bond motifs is 1. The molecule has 1 aliphatic carbocycles. The molecule has 3 aromatic rings. The number of aromatic hydroxyl groups is 1. The van der Waals surface area contributed by atoms with Gasteiger partial charge >= 0.3 is 0 Å². The summed E-state index contributed by atoms with van der Waals surface area (Å²) in [6, 6.07) is 7.25. The first-order chi connectivity index (χ1) is 12.0. The van der Waals surface area contributed by atoms with Gasteiger partial charge in [-0.2, -0.15) is 4.98 Å². The van der Waals surface area contributed by atoms with Gasteiger partial charge in [0.05, 0.1) is 11.1 Å². The van der Waals surface area contributed by atoms with Crippen LogP contribution in [-0.4, -0.2) is 19.8 Å². The molecule has 0 unspecified atom stereocenters. The Bertz CT molecular complexity index is 1020. The maximum absolute atomic E-state index is 12.4. The van der Waals surface area contributed by atoms with E-state index >= 15 is 0 Å². The molecule has 0 spiro atoms. The van der Waals surface area contributed by atoms with Gasteiger partial charge in [0.1, 0.15) is 5.75 Å². The average molecular weight is 337 g/mol. The zero-order chi connectivity index (χ0) is 17.6. The fraction of sp³-hybridized carbons (Fsp3) is 0.316. The quantitative estimate of drug-likeness (QED) is 0.777. The summed E-state index contributed by atoms with van der Waals surface area (Å²) >= 11 is 0. The minimum absolute atomic E-state index is 0.132. The van der Waals surface area contributed by atoms with Crippen molar-refractivity contribution in [2.75, 3.05) is 0 Å². The van der Waals surface area contributed by atoms with Gasteiger partial charge in [-0.05, 0) is 68.0 Å². The fourth-order valence-electron chi connectivity index (χ4n) is 3.28. The number of aryl methyl sites for hydroxylation is 3. The van der Waals surface area contributed by atoms with Crippen molar-refractivity contribution in [3.05, 3.63) is 51.4 Å². The molecule has 0 saturated carbocycles. The smallest absolute Gasteiger partial charge is 0.262 e. The number of benzene rings is 1. The number of hydrogen-bond donors (Lipinski definition) is 1. The number of rotatable bonds is 2. The van der Waals surface area contributed by atoms with Crippen LogP contribution in [0.15, 0.2) is 33.6 Å². The van der Waals surface area contributed by atoms with Crippen molar-refractivity contribution in [3.8, 4) is 28.6 Å². The minimum Gasteiger partial charge on any atom is -0.507 e. The summed E-state index contributed by atoms with van der Waals surface area (Å²) < 4.78 is 6.88. The van der Waals surface area contributed by atoms with E-state index in [1.165, 1.54) is 11.1 Å². The summed E-state index contributed by atoms with van der Waals surface area (Å²) in [4.78, 5) is 16.7. The van der Waals surface area contributed by atoms with Crippen molar-refractivity contribution >= 4 is 0 Å². The number of hydrogen-bond acceptors (Lipinski definition) is 5. The van der Waals surface area contributed by atoms with E-state index in [9.17, 15) is 9.90 Å². The highest BCUT2D eigenvalue weighted by Gasteiger charge is 2.20. The molecule has 0 aliphatic heterocycles. The molecule has 6 nitrogen and oxygen atoms in total. The molecule has 1 aliphatic rings. The van der Waals surface area contributed by atoms with Crippen LogP contribution in [0.2, 0.25) is 0 Å². The third-order valence-corrected chi connectivity index (χ3v) is 4.91. The standard InChI is InChI=1S/C19H19N3O3/c1-11-7-8-14(19(24)22(11)2)17-20-18(25-21-17)15-9-12-5-3-4-6-13(12)10-16(15)23/h7-10,23H,3-6H2,1-2H3. The molecule has 1 N–H and O–H groups in total. The summed E-state index contributed by atoms with van der Waals surface area (Å²) in [5.74, 6) is 0.587. The molecule has 6 heteroatoms. The maximum Gasteiger partial charge on any atom is 0.262 e. The number of phenolic OH excluding ortho intramolecular Hbond substituents is 1. The lowest BCUT2D eigenvalue weighted by Crippen LogP contribution is -2.20. The van der Waals surface area contributed by atoms with Gasteiger partial charge in [0.2, 0.25) is 5.82 Å². The molecule has 0 radical (unpaired) electrons. The first kappa shape index (κ1) is 15.6. The van der Waals surface area contributed by atoms with Crippen LogP contribution < -0.4 is 5.56 Å². The van der Waals surface area contributed by atoms with Gasteiger partial charge in [-0.3, -0.25) is 4.79 Å². The van der Waals surface area contributed by atoms with E-state index in [1.807, 2.05) is 19.1 Å². The van der Waals surface area contributed by atoms with E-state index in [0.717, 1.165) is 31.4 Å². The summed E-state index contributed by atoms with van der Waals surface area (Å²) in [5, 5.41) is 14.3. The second kappa shape index (κ2) is 5.88. The number of aromatic nitrogens is 3. The minimum atomic E-state index is -0.179. The van der Waals surface area contributed by atoms with Crippen LogP contribution >= 0.6 is 0 Å². The highest BCUT2D eigenvalue weighted by atomic mass is 16.5. The highest BCUT2D eigenvalue weighted by Crippen LogP contribution is 2.34. The van der Waals surface area contributed by atoms with Gasteiger partial charge in [0.15, 0.2) is 0 Å². The predicted octanol–water partition coefficient (Wildman–Crippen LogP) is 3.00. The molecule has 0 bridgehead atoms. The lowest BCUT2D eigenvalue weighted by molar-refractivity contribution is 0.425. The predicted molar refractivity (Wildman–Crippen MR) is 93.5 cm³/mol. The fourth-order valence-corrected chi connectivity index (χ4v) is 3.28. The summed E-state index contributed by atoms with van der Waals surface area (Å²) in [5.41, 5.74) is 3.96. The summed E-state index contributed by atoms with van der Waals surface area (Å²) in [6.45, 7) is 1.86. The van der Waals surface area contributed by atoms with Crippen LogP contribution in [0.5, 0.6) is 5.75 Å². The molecular weight excluding hydrogens is 318 g/mol. The Morgan fingerprint density at radius 3 is 2.60 bits per heavy atom. The van der Waals surface area contributed by atoms with Gasteiger partial charge < -0.3 is 14.2 Å². The van der Waals surface area contributed by atoms with Crippen molar-refractivity contribution in [2.24, 2.45) is 7.05 Å². The van der Waals surface area contributed by atoms with Crippen molar-refractivity contribution in [1.29, 1.82) is 0 Å². The molecule has 0 saturated heterocycles. The average Bonchev–Trinajstić information content (AvgIpc) is 3.08. The topological polar surface area (TPSA) is 81.2 Å². The Hall–Kier alpha value is -2.89. The third-order valence-electron chi connectivity index (χ3n) is 4.91. The molecule has 2 aromatic heterocycles. The first-order valence-corrected chi connectivity index (χ1v) is 8.40. The molecule has 25 heavy (non-hydrogen) atoms. The first-order valence-electron chi connectivity index (χ1n) is 8.40. The Morgan fingerprint density at radius 1 is 1.12 bits per heavy atom. The molecule has 128 valence electrons. The van der Waals surface area contributed by atoms with Crippen LogP contribution in [0.25, 0.3) is 22.8 Å². The Kier molecular flexibility index (Phi) is 3.67. The van der Waals surface area contributed by atoms with Crippen molar-refractivity contribution in [1.82, 2.24) is 14.7 Å². The lowest BCUT2D eigenvalue weighted by Gasteiger charge is -2.16. The second-order valence-electron chi connectivity index (χ2n) is 6.52. The molecule has 2 heterocycles. The molecule has 0 atom stereocenters. The lowest BCUT2D eigenvalue weighted by atomic mass is 9.90. The van der Waals surface area contributed by atoms with Gasteiger partial charge in [-0.15, -0.1) is 0 Å². The van der Waals surface area contributed by atoms with E-state index in [-0.39, 0.29) is 23.0 Å². The summed E-state index contributed by atoms with van der Waals surface area (Å²) in [6.07, 6.45) is 4.26. The van der Waals surface area contributed by atoms with Gasteiger partial charge in [-0.25, -0.2) is 0 Å². The maximum atomic E-state index is 12.4. The van der Waals surface area contributed by atoms with E-state index in [2.05, 4.69) is 10.1 Å². The van der Waals surface area contributed by atoms with E-state index < -0.39 is 0 Å². The van der Waals surface area contributed by atoms with Crippen molar-refractivity contribution in [3.63, 3.8) is 0 Å². The number of pyridine rings is 1. The molecular formula is C19H19N3O3.